The van der Waals surface area contributed by atoms with E-state index in [0.717, 1.165) is 5.56 Å². The van der Waals surface area contributed by atoms with Gasteiger partial charge in [-0.3, -0.25) is 20.3 Å². The van der Waals surface area contributed by atoms with Crippen molar-refractivity contribution in [3.8, 4) is 0 Å². The maximum absolute atomic E-state index is 12.5. The van der Waals surface area contributed by atoms with Gasteiger partial charge in [-0.15, -0.1) is 0 Å². The molecule has 0 aliphatic carbocycles. The van der Waals surface area contributed by atoms with Crippen LogP contribution in [0, 0.1) is 0 Å². The zero-order chi connectivity index (χ0) is 15.0. The highest BCUT2D eigenvalue weighted by atomic mass is 16.2. The summed E-state index contributed by atoms with van der Waals surface area (Å²) in [6, 6.07) is 9.27. The van der Waals surface area contributed by atoms with Crippen molar-refractivity contribution >= 4 is 11.9 Å². The van der Waals surface area contributed by atoms with E-state index in [0.29, 0.717) is 13.1 Å². The number of nitrogens with zero attached hydrogens (tertiary/aromatic N) is 2. The lowest BCUT2D eigenvalue weighted by molar-refractivity contribution is -0.134. The van der Waals surface area contributed by atoms with Crippen molar-refractivity contribution in [2.75, 3.05) is 13.1 Å². The summed E-state index contributed by atoms with van der Waals surface area (Å²) in [6.07, 6.45) is -0.410. The Morgan fingerprint density at radius 1 is 1.05 bits per heavy atom. The molecular weight excluding hydrogens is 268 g/mol. The molecule has 6 nitrogen and oxygen atoms in total. The largest absolute Gasteiger partial charge is 0.328 e. The van der Waals surface area contributed by atoms with E-state index in [4.69, 9.17) is 0 Å². The fourth-order valence-electron chi connectivity index (χ4n) is 3.06. The zero-order valence-electron chi connectivity index (χ0n) is 12.2. The van der Waals surface area contributed by atoms with Gasteiger partial charge in [-0.25, -0.2) is 4.79 Å². The van der Waals surface area contributed by atoms with Crippen LogP contribution in [0.15, 0.2) is 30.3 Å². The van der Waals surface area contributed by atoms with Gasteiger partial charge in [0, 0.05) is 13.1 Å². The van der Waals surface area contributed by atoms with Crippen molar-refractivity contribution < 1.29 is 9.59 Å². The average molecular weight is 288 g/mol. The summed E-state index contributed by atoms with van der Waals surface area (Å²) in [5.74, 6) is -0.150. The van der Waals surface area contributed by atoms with E-state index in [9.17, 15) is 9.59 Å². The highest BCUT2D eigenvalue weighted by Gasteiger charge is 2.50. The van der Waals surface area contributed by atoms with E-state index in [1.54, 1.807) is 4.90 Å². The molecule has 2 aliphatic heterocycles. The minimum Gasteiger partial charge on any atom is -0.307 e. The van der Waals surface area contributed by atoms with E-state index >= 15 is 0 Å². The highest BCUT2D eigenvalue weighted by Crippen LogP contribution is 2.26. The Hall–Kier alpha value is -1.92. The molecule has 112 valence electrons. The van der Waals surface area contributed by atoms with E-state index in [-0.39, 0.29) is 24.3 Å². The molecular formula is C15H20N4O2. The van der Waals surface area contributed by atoms with Gasteiger partial charge in [0.1, 0.15) is 12.2 Å². The van der Waals surface area contributed by atoms with E-state index in [1.165, 1.54) is 4.90 Å². The molecule has 3 amide bonds. The van der Waals surface area contributed by atoms with Crippen molar-refractivity contribution in [3.63, 3.8) is 0 Å². The SMILES string of the molecule is CCN1C(=O)C2NC(c3ccccc3)NC2N(CC)C1=O. The lowest BCUT2D eigenvalue weighted by Crippen LogP contribution is -2.66. The molecule has 0 aromatic heterocycles. The van der Waals surface area contributed by atoms with Crippen LogP contribution in [0.5, 0.6) is 0 Å². The third kappa shape index (κ3) is 2.20. The van der Waals surface area contributed by atoms with Gasteiger partial charge in [0.2, 0.25) is 0 Å². The van der Waals surface area contributed by atoms with Crippen LogP contribution in [-0.2, 0) is 4.79 Å². The standard InChI is InChI=1S/C15H20N4O2/c1-3-18-13-11(14(20)19(4-2)15(18)21)16-12(17-13)10-8-6-5-7-9-10/h5-9,11-13,16-17H,3-4H2,1-2H3. The minimum absolute atomic E-state index is 0.121. The second-order valence-electron chi connectivity index (χ2n) is 5.25. The van der Waals surface area contributed by atoms with Crippen LogP contribution in [0.2, 0.25) is 0 Å². The van der Waals surface area contributed by atoms with Crippen LogP contribution in [0.25, 0.3) is 0 Å². The van der Waals surface area contributed by atoms with Gasteiger partial charge in [-0.05, 0) is 19.4 Å². The second-order valence-corrected chi connectivity index (χ2v) is 5.25. The average Bonchev–Trinajstić information content (AvgIpc) is 2.94. The molecule has 0 spiro atoms. The van der Waals surface area contributed by atoms with E-state index in [2.05, 4.69) is 10.6 Å². The summed E-state index contributed by atoms with van der Waals surface area (Å²) in [4.78, 5) is 27.8. The maximum Gasteiger partial charge on any atom is 0.328 e. The monoisotopic (exact) mass is 288 g/mol. The quantitative estimate of drug-likeness (QED) is 0.866. The first-order valence-corrected chi connectivity index (χ1v) is 7.36. The maximum atomic E-state index is 12.5. The van der Waals surface area contributed by atoms with Crippen LogP contribution in [0.1, 0.15) is 25.6 Å². The lowest BCUT2D eigenvalue weighted by atomic mass is 10.1. The Labute approximate surface area is 124 Å². The number of amides is 3. The Balaban J connectivity index is 1.89. The molecule has 1 aromatic rings. The van der Waals surface area contributed by atoms with Gasteiger partial charge in [0.25, 0.3) is 5.91 Å². The van der Waals surface area contributed by atoms with Crippen molar-refractivity contribution in [2.45, 2.75) is 32.2 Å². The molecule has 2 heterocycles. The highest BCUT2D eigenvalue weighted by molar-refractivity contribution is 6.00. The molecule has 3 unspecified atom stereocenters. The molecule has 0 saturated carbocycles. The first-order chi connectivity index (χ1) is 10.2. The topological polar surface area (TPSA) is 64.7 Å². The summed E-state index contributed by atoms with van der Waals surface area (Å²) in [6.45, 7) is 4.71. The molecule has 6 heteroatoms. The summed E-state index contributed by atoms with van der Waals surface area (Å²) in [5, 5.41) is 6.67. The smallest absolute Gasteiger partial charge is 0.307 e. The van der Waals surface area contributed by atoms with Crippen LogP contribution in [0.3, 0.4) is 0 Å². The molecule has 21 heavy (non-hydrogen) atoms. The number of carbonyl (C=O) groups is 2. The number of rotatable bonds is 3. The van der Waals surface area contributed by atoms with E-state index in [1.807, 2.05) is 44.2 Å². The predicted molar refractivity (Wildman–Crippen MR) is 78.2 cm³/mol. The van der Waals surface area contributed by atoms with Crippen molar-refractivity contribution in [1.82, 2.24) is 20.4 Å². The number of carbonyl (C=O) groups excluding carboxylic acids is 2. The number of imide groups is 1. The number of likely N-dealkylation sites (N-methyl/N-ethyl adjacent to an activating group) is 2. The number of urea groups is 1. The van der Waals surface area contributed by atoms with Gasteiger partial charge in [-0.2, -0.15) is 0 Å². The number of hydrogen-bond donors (Lipinski definition) is 2. The third-order valence-electron chi connectivity index (χ3n) is 4.13. The van der Waals surface area contributed by atoms with Crippen molar-refractivity contribution in [1.29, 1.82) is 0 Å². The number of hydrogen-bond acceptors (Lipinski definition) is 4. The summed E-state index contributed by atoms with van der Waals surface area (Å²) in [7, 11) is 0. The number of nitrogens with one attached hydrogen (secondary N) is 2. The Morgan fingerprint density at radius 2 is 1.76 bits per heavy atom. The van der Waals surface area contributed by atoms with Gasteiger partial charge in [-0.1, -0.05) is 30.3 Å². The summed E-state index contributed by atoms with van der Waals surface area (Å²) < 4.78 is 0. The number of benzene rings is 1. The first kappa shape index (κ1) is 14.0. The van der Waals surface area contributed by atoms with Crippen LogP contribution in [0.4, 0.5) is 4.79 Å². The molecule has 2 aliphatic rings. The molecule has 0 bridgehead atoms. The van der Waals surface area contributed by atoms with Gasteiger partial charge >= 0.3 is 6.03 Å². The number of fused-ring (bicyclic) bond motifs is 1. The Bertz CT molecular complexity index is 548. The fraction of sp³-hybridized carbons (Fsp3) is 0.467. The van der Waals surface area contributed by atoms with Crippen molar-refractivity contribution in [3.05, 3.63) is 35.9 Å². The van der Waals surface area contributed by atoms with Gasteiger partial charge in [0.15, 0.2) is 0 Å². The van der Waals surface area contributed by atoms with Gasteiger partial charge < -0.3 is 4.90 Å². The minimum atomic E-state index is -0.396. The zero-order valence-corrected chi connectivity index (χ0v) is 12.2. The summed E-state index contributed by atoms with van der Waals surface area (Å²) >= 11 is 0. The first-order valence-electron chi connectivity index (χ1n) is 7.36. The van der Waals surface area contributed by atoms with E-state index < -0.39 is 6.04 Å². The van der Waals surface area contributed by atoms with Crippen LogP contribution < -0.4 is 10.6 Å². The van der Waals surface area contributed by atoms with Gasteiger partial charge in [0.05, 0.1) is 6.17 Å². The summed E-state index contributed by atoms with van der Waals surface area (Å²) in [5.41, 5.74) is 1.06. The lowest BCUT2D eigenvalue weighted by Gasteiger charge is -2.40. The van der Waals surface area contributed by atoms with Crippen LogP contribution >= 0.6 is 0 Å². The fourth-order valence-corrected chi connectivity index (χ4v) is 3.06. The molecule has 2 saturated heterocycles. The van der Waals surface area contributed by atoms with Crippen LogP contribution in [-0.4, -0.2) is 47.0 Å². The normalized spacial score (nSPS) is 29.0. The molecule has 3 rings (SSSR count). The second kappa shape index (κ2) is 5.46. The molecule has 0 radical (unpaired) electrons. The molecule has 2 N–H and O–H groups in total. The third-order valence-corrected chi connectivity index (χ3v) is 4.13. The predicted octanol–water partition coefficient (Wildman–Crippen LogP) is 0.877. The molecule has 3 atom stereocenters. The molecule has 2 fully saturated rings. The molecule has 1 aromatic carbocycles. The Kier molecular flexibility index (Phi) is 3.65. The van der Waals surface area contributed by atoms with Crippen molar-refractivity contribution in [2.24, 2.45) is 0 Å². The Morgan fingerprint density at radius 3 is 2.38 bits per heavy atom.